The molecule has 0 bridgehead atoms. The van der Waals surface area contributed by atoms with Crippen LogP contribution in [0.4, 0.5) is 5.69 Å². The highest BCUT2D eigenvalue weighted by atomic mass is 16.5. The predicted octanol–water partition coefficient (Wildman–Crippen LogP) is 2.62. The van der Waals surface area contributed by atoms with Crippen LogP contribution < -0.4 is 15.2 Å². The Labute approximate surface area is 132 Å². The quantitative estimate of drug-likeness (QED) is 0.849. The van der Waals surface area contributed by atoms with Crippen LogP contribution in [0, 0.1) is 0 Å². The number of aryl methyl sites for hydroxylation is 1. The van der Waals surface area contributed by atoms with Crippen molar-refractivity contribution >= 4 is 11.6 Å². The number of nitrogen functional groups attached to an aromatic ring is 1. The summed E-state index contributed by atoms with van der Waals surface area (Å²) >= 11 is 0. The Morgan fingerprint density at radius 2 is 1.95 bits per heavy atom. The summed E-state index contributed by atoms with van der Waals surface area (Å²) in [4.78, 5) is 14.4. The fourth-order valence-electron chi connectivity index (χ4n) is 3.01. The van der Waals surface area contributed by atoms with Crippen molar-refractivity contribution in [1.29, 1.82) is 0 Å². The molecular formula is C17H26N2O3. The van der Waals surface area contributed by atoms with Crippen molar-refractivity contribution in [3.05, 3.63) is 17.7 Å². The minimum atomic E-state index is 0.210. The van der Waals surface area contributed by atoms with Gasteiger partial charge < -0.3 is 20.1 Å². The van der Waals surface area contributed by atoms with Crippen LogP contribution in [0.25, 0.3) is 0 Å². The number of anilines is 1. The molecule has 2 N–H and O–H groups in total. The van der Waals surface area contributed by atoms with Gasteiger partial charge in [0.1, 0.15) is 0 Å². The van der Waals surface area contributed by atoms with E-state index in [2.05, 4.69) is 6.92 Å². The molecule has 122 valence electrons. The van der Waals surface area contributed by atoms with Gasteiger partial charge >= 0.3 is 0 Å². The van der Waals surface area contributed by atoms with E-state index in [0.29, 0.717) is 36.1 Å². The topological polar surface area (TPSA) is 64.8 Å². The number of piperidine rings is 1. The number of amides is 1. The van der Waals surface area contributed by atoms with Crippen LogP contribution >= 0.6 is 0 Å². The molecule has 1 aromatic rings. The standard InChI is InChI=1S/C17H26N2O3/c1-12-6-4-5-9-19(12)17(20)8-7-13-10-15(21-2)16(22-3)11-14(13)18/h10-12H,4-9,18H2,1-3H3. The maximum Gasteiger partial charge on any atom is 0.223 e. The second-order valence-electron chi connectivity index (χ2n) is 5.84. The number of methoxy groups -OCH3 is 2. The largest absolute Gasteiger partial charge is 0.493 e. The third-order valence-corrected chi connectivity index (χ3v) is 4.38. The lowest BCUT2D eigenvalue weighted by molar-refractivity contribution is -0.134. The zero-order valence-corrected chi connectivity index (χ0v) is 13.7. The average molecular weight is 306 g/mol. The van der Waals surface area contributed by atoms with E-state index in [1.165, 1.54) is 6.42 Å². The zero-order valence-electron chi connectivity index (χ0n) is 13.7. The predicted molar refractivity (Wildman–Crippen MR) is 87.3 cm³/mol. The molecule has 0 aromatic heterocycles. The van der Waals surface area contributed by atoms with Gasteiger partial charge in [-0.2, -0.15) is 0 Å². The van der Waals surface area contributed by atoms with Crippen molar-refractivity contribution < 1.29 is 14.3 Å². The molecule has 0 spiro atoms. The van der Waals surface area contributed by atoms with Gasteiger partial charge in [0.25, 0.3) is 0 Å². The minimum absolute atomic E-state index is 0.210. The first-order valence-electron chi connectivity index (χ1n) is 7.86. The average Bonchev–Trinajstić information content (AvgIpc) is 2.53. The number of carbonyl (C=O) groups excluding carboxylic acids is 1. The number of benzene rings is 1. The first kappa shape index (κ1) is 16.5. The lowest BCUT2D eigenvalue weighted by Crippen LogP contribution is -2.42. The van der Waals surface area contributed by atoms with Crippen LogP contribution in [-0.4, -0.2) is 37.6 Å². The molecular weight excluding hydrogens is 280 g/mol. The van der Waals surface area contributed by atoms with E-state index < -0.39 is 0 Å². The summed E-state index contributed by atoms with van der Waals surface area (Å²) in [6, 6.07) is 3.97. The third kappa shape index (κ3) is 3.64. The fourth-order valence-corrected chi connectivity index (χ4v) is 3.01. The molecule has 5 heteroatoms. The van der Waals surface area contributed by atoms with Crippen molar-refractivity contribution in [2.75, 3.05) is 26.5 Å². The molecule has 1 atom stereocenters. The fraction of sp³-hybridized carbons (Fsp3) is 0.588. The molecule has 0 radical (unpaired) electrons. The molecule has 1 heterocycles. The summed E-state index contributed by atoms with van der Waals surface area (Å²) in [5.74, 6) is 1.46. The van der Waals surface area contributed by atoms with Crippen LogP contribution in [0.1, 0.15) is 38.2 Å². The smallest absolute Gasteiger partial charge is 0.223 e. The van der Waals surface area contributed by atoms with Crippen molar-refractivity contribution in [2.45, 2.75) is 45.1 Å². The monoisotopic (exact) mass is 306 g/mol. The number of likely N-dealkylation sites (tertiary alicyclic amines) is 1. The first-order chi connectivity index (χ1) is 10.6. The molecule has 5 nitrogen and oxygen atoms in total. The van der Waals surface area contributed by atoms with Crippen LogP contribution in [-0.2, 0) is 11.2 Å². The lowest BCUT2D eigenvalue weighted by Gasteiger charge is -2.33. The number of carbonyl (C=O) groups is 1. The highest BCUT2D eigenvalue weighted by molar-refractivity contribution is 5.77. The lowest BCUT2D eigenvalue weighted by atomic mass is 10.0. The minimum Gasteiger partial charge on any atom is -0.493 e. The molecule has 1 fully saturated rings. The van der Waals surface area contributed by atoms with E-state index in [4.69, 9.17) is 15.2 Å². The van der Waals surface area contributed by atoms with Crippen LogP contribution in [0.2, 0.25) is 0 Å². The van der Waals surface area contributed by atoms with Crippen molar-refractivity contribution in [3.8, 4) is 11.5 Å². The van der Waals surface area contributed by atoms with Crippen molar-refractivity contribution in [2.24, 2.45) is 0 Å². The van der Waals surface area contributed by atoms with E-state index in [0.717, 1.165) is 24.9 Å². The van der Waals surface area contributed by atoms with E-state index in [9.17, 15) is 4.79 Å². The highest BCUT2D eigenvalue weighted by Crippen LogP contribution is 2.32. The van der Waals surface area contributed by atoms with Gasteiger partial charge in [-0.15, -0.1) is 0 Å². The maximum atomic E-state index is 12.4. The number of nitrogens with zero attached hydrogens (tertiary/aromatic N) is 1. The summed E-state index contributed by atoms with van der Waals surface area (Å²) in [6.07, 6.45) is 4.52. The summed E-state index contributed by atoms with van der Waals surface area (Å²) in [5, 5.41) is 0. The van der Waals surface area contributed by atoms with Gasteiger partial charge in [-0.3, -0.25) is 4.79 Å². The number of hydrogen-bond acceptors (Lipinski definition) is 4. The molecule has 0 aliphatic carbocycles. The van der Waals surface area contributed by atoms with E-state index in [-0.39, 0.29) is 5.91 Å². The highest BCUT2D eigenvalue weighted by Gasteiger charge is 2.23. The van der Waals surface area contributed by atoms with Crippen molar-refractivity contribution in [1.82, 2.24) is 4.90 Å². The van der Waals surface area contributed by atoms with Crippen LogP contribution in [0.15, 0.2) is 12.1 Å². The van der Waals surface area contributed by atoms with Gasteiger partial charge in [0, 0.05) is 30.8 Å². The molecule has 1 aliphatic heterocycles. The summed E-state index contributed by atoms with van der Waals surface area (Å²) in [5.41, 5.74) is 7.61. The summed E-state index contributed by atoms with van der Waals surface area (Å²) in [6.45, 7) is 3.00. The second-order valence-corrected chi connectivity index (χ2v) is 5.84. The van der Waals surface area contributed by atoms with E-state index >= 15 is 0 Å². The van der Waals surface area contributed by atoms with E-state index in [1.54, 1.807) is 20.3 Å². The Hall–Kier alpha value is -1.91. The van der Waals surface area contributed by atoms with Crippen molar-refractivity contribution in [3.63, 3.8) is 0 Å². The number of nitrogens with two attached hydrogens (primary N) is 1. The van der Waals surface area contributed by atoms with Gasteiger partial charge in [-0.05, 0) is 44.2 Å². The number of rotatable bonds is 5. The Balaban J connectivity index is 2.03. The normalized spacial score (nSPS) is 18.1. The van der Waals surface area contributed by atoms with Gasteiger partial charge in [-0.1, -0.05) is 0 Å². The first-order valence-corrected chi connectivity index (χ1v) is 7.86. The third-order valence-electron chi connectivity index (χ3n) is 4.38. The van der Waals surface area contributed by atoms with E-state index in [1.807, 2.05) is 11.0 Å². The maximum absolute atomic E-state index is 12.4. The van der Waals surface area contributed by atoms with Gasteiger partial charge in [-0.25, -0.2) is 0 Å². The summed E-state index contributed by atoms with van der Waals surface area (Å²) in [7, 11) is 3.18. The molecule has 1 aliphatic rings. The van der Waals surface area contributed by atoms with Gasteiger partial charge in [0.2, 0.25) is 5.91 Å². The second kappa shape index (κ2) is 7.38. The van der Waals surface area contributed by atoms with Crippen LogP contribution in [0.5, 0.6) is 11.5 Å². The molecule has 1 aromatic carbocycles. The zero-order chi connectivity index (χ0) is 16.1. The Bertz CT molecular complexity index is 531. The van der Waals surface area contributed by atoms with Gasteiger partial charge in [0.05, 0.1) is 14.2 Å². The molecule has 1 amide bonds. The molecule has 1 saturated heterocycles. The Morgan fingerprint density at radius 1 is 1.27 bits per heavy atom. The molecule has 22 heavy (non-hydrogen) atoms. The molecule has 2 rings (SSSR count). The number of hydrogen-bond donors (Lipinski definition) is 1. The number of ether oxygens (including phenoxy) is 2. The van der Waals surface area contributed by atoms with Crippen LogP contribution in [0.3, 0.4) is 0 Å². The SMILES string of the molecule is COc1cc(N)c(CCC(=O)N2CCCCC2C)cc1OC. The molecule has 1 unspecified atom stereocenters. The molecule has 0 saturated carbocycles. The Morgan fingerprint density at radius 3 is 2.59 bits per heavy atom. The Kier molecular flexibility index (Phi) is 5.52. The summed E-state index contributed by atoms with van der Waals surface area (Å²) < 4.78 is 10.5. The van der Waals surface area contributed by atoms with Gasteiger partial charge in [0.15, 0.2) is 11.5 Å².